The van der Waals surface area contributed by atoms with Crippen molar-refractivity contribution in [1.29, 1.82) is 0 Å². The Balaban J connectivity index is 3.24. The molecule has 1 aromatic rings. The lowest BCUT2D eigenvalue weighted by molar-refractivity contribution is 0.472. The van der Waals surface area contributed by atoms with Crippen LogP contribution in [-0.4, -0.2) is 25.8 Å². The van der Waals surface area contributed by atoms with E-state index in [4.69, 9.17) is 0 Å². The van der Waals surface area contributed by atoms with Crippen LogP contribution in [0, 0.1) is 11.6 Å². The summed E-state index contributed by atoms with van der Waals surface area (Å²) in [6.45, 7) is 6.94. The third kappa shape index (κ3) is 3.24. The Morgan fingerprint density at radius 2 is 1.50 bits per heavy atom. The highest BCUT2D eigenvalue weighted by Crippen LogP contribution is 2.18. The van der Waals surface area contributed by atoms with E-state index in [1.165, 1.54) is 12.2 Å². The number of hydrogen-bond acceptors (Lipinski definition) is 2. The molecule has 0 heterocycles. The zero-order valence-corrected chi connectivity index (χ0v) is 10.5. The quantitative estimate of drug-likeness (QED) is 0.746. The van der Waals surface area contributed by atoms with Gasteiger partial charge in [0.25, 0.3) is 0 Å². The first kappa shape index (κ1) is 14.5. The Morgan fingerprint density at radius 3 is 1.89 bits per heavy atom. The van der Waals surface area contributed by atoms with E-state index in [2.05, 4.69) is 13.2 Å². The summed E-state index contributed by atoms with van der Waals surface area (Å²) >= 11 is 0. The van der Waals surface area contributed by atoms with E-state index in [1.54, 1.807) is 0 Å². The van der Waals surface area contributed by atoms with Crippen LogP contribution >= 0.6 is 0 Å². The van der Waals surface area contributed by atoms with Crippen molar-refractivity contribution in [3.63, 3.8) is 0 Å². The average Bonchev–Trinajstić information content (AvgIpc) is 2.27. The van der Waals surface area contributed by atoms with E-state index in [0.29, 0.717) is 6.07 Å². The molecule has 1 aromatic carbocycles. The first-order chi connectivity index (χ1) is 8.41. The van der Waals surface area contributed by atoms with E-state index in [0.717, 1.165) is 16.4 Å². The second-order valence-electron chi connectivity index (χ2n) is 3.50. The minimum Gasteiger partial charge on any atom is -0.207 e. The maximum absolute atomic E-state index is 13.0. The molecule has 0 bridgehead atoms. The smallest absolute Gasteiger partial charge is 0.207 e. The van der Waals surface area contributed by atoms with E-state index < -0.39 is 26.6 Å². The number of halogens is 2. The Bertz CT molecular complexity index is 525. The predicted molar refractivity (Wildman–Crippen MR) is 65.5 cm³/mol. The molecule has 0 amide bonds. The second kappa shape index (κ2) is 5.88. The Hall–Kier alpha value is -1.53. The number of rotatable bonds is 6. The number of benzene rings is 1. The zero-order chi connectivity index (χ0) is 13.8. The average molecular weight is 273 g/mol. The number of hydrogen-bond donors (Lipinski definition) is 0. The molecule has 18 heavy (non-hydrogen) atoms. The molecule has 0 radical (unpaired) electrons. The molecular weight excluding hydrogens is 260 g/mol. The summed E-state index contributed by atoms with van der Waals surface area (Å²) in [5.74, 6) is -1.88. The van der Waals surface area contributed by atoms with Crippen LogP contribution in [0.2, 0.25) is 0 Å². The zero-order valence-electron chi connectivity index (χ0n) is 9.64. The fraction of sp³-hybridized carbons (Fsp3) is 0.167. The van der Waals surface area contributed by atoms with Crippen LogP contribution in [0.4, 0.5) is 8.78 Å². The first-order valence-corrected chi connectivity index (χ1v) is 6.54. The summed E-state index contributed by atoms with van der Waals surface area (Å²) in [5.41, 5.74) is 0. The minimum atomic E-state index is -3.96. The highest BCUT2D eigenvalue weighted by Gasteiger charge is 2.23. The van der Waals surface area contributed by atoms with Gasteiger partial charge in [0.05, 0.1) is 4.90 Å². The van der Waals surface area contributed by atoms with E-state index in [9.17, 15) is 17.2 Å². The van der Waals surface area contributed by atoms with Gasteiger partial charge < -0.3 is 0 Å². The Kier molecular flexibility index (Phi) is 4.75. The summed E-state index contributed by atoms with van der Waals surface area (Å²) in [7, 11) is -3.96. The lowest BCUT2D eigenvalue weighted by Gasteiger charge is -2.19. The summed E-state index contributed by atoms with van der Waals surface area (Å²) < 4.78 is 51.3. The van der Waals surface area contributed by atoms with Gasteiger partial charge in [-0.25, -0.2) is 17.2 Å². The van der Waals surface area contributed by atoms with Crippen LogP contribution in [0.25, 0.3) is 0 Å². The molecule has 3 nitrogen and oxygen atoms in total. The first-order valence-electron chi connectivity index (χ1n) is 5.10. The molecular formula is C12H13F2NO2S. The SMILES string of the molecule is C=CCN(CC=C)S(=O)(=O)c1cc(F)cc(F)c1. The van der Waals surface area contributed by atoms with Gasteiger partial charge in [-0.15, -0.1) is 13.2 Å². The van der Waals surface area contributed by atoms with Crippen molar-refractivity contribution in [2.45, 2.75) is 4.90 Å². The predicted octanol–water partition coefficient (Wildman–Crippen LogP) is 2.33. The van der Waals surface area contributed by atoms with Crippen molar-refractivity contribution in [3.8, 4) is 0 Å². The van der Waals surface area contributed by atoms with Crippen molar-refractivity contribution < 1.29 is 17.2 Å². The van der Waals surface area contributed by atoms with Crippen molar-refractivity contribution in [2.75, 3.05) is 13.1 Å². The van der Waals surface area contributed by atoms with Crippen molar-refractivity contribution in [3.05, 3.63) is 55.1 Å². The Labute approximate surface area is 105 Å². The fourth-order valence-corrected chi connectivity index (χ4v) is 2.81. The van der Waals surface area contributed by atoms with E-state index in [-0.39, 0.29) is 13.1 Å². The third-order valence-electron chi connectivity index (χ3n) is 2.14. The van der Waals surface area contributed by atoms with Crippen LogP contribution in [-0.2, 0) is 10.0 Å². The summed E-state index contributed by atoms with van der Waals surface area (Å²) in [5, 5.41) is 0. The molecule has 0 saturated heterocycles. The van der Waals surface area contributed by atoms with Crippen molar-refractivity contribution in [2.24, 2.45) is 0 Å². The van der Waals surface area contributed by atoms with Crippen LogP contribution in [0.5, 0.6) is 0 Å². The highest BCUT2D eigenvalue weighted by molar-refractivity contribution is 7.89. The van der Waals surface area contributed by atoms with Gasteiger partial charge in [-0.05, 0) is 12.1 Å². The summed E-state index contributed by atoms with van der Waals surface area (Å²) in [6.07, 6.45) is 2.77. The molecule has 1 rings (SSSR count). The summed E-state index contributed by atoms with van der Waals surface area (Å²) in [6, 6.07) is 2.17. The lowest BCUT2D eigenvalue weighted by atomic mass is 10.3. The third-order valence-corrected chi connectivity index (χ3v) is 3.95. The van der Waals surface area contributed by atoms with Gasteiger partial charge in [-0.1, -0.05) is 12.2 Å². The molecule has 98 valence electrons. The molecule has 0 aliphatic carbocycles. The monoisotopic (exact) mass is 273 g/mol. The van der Waals surface area contributed by atoms with Gasteiger partial charge in [0.2, 0.25) is 10.0 Å². The van der Waals surface area contributed by atoms with E-state index in [1.807, 2.05) is 0 Å². The van der Waals surface area contributed by atoms with Crippen molar-refractivity contribution in [1.82, 2.24) is 4.31 Å². The molecule has 0 aliphatic heterocycles. The van der Waals surface area contributed by atoms with Gasteiger partial charge in [0.1, 0.15) is 11.6 Å². The summed E-state index contributed by atoms with van der Waals surface area (Å²) in [4.78, 5) is -0.427. The van der Waals surface area contributed by atoms with Gasteiger partial charge in [-0.3, -0.25) is 0 Å². The fourth-order valence-electron chi connectivity index (χ4n) is 1.39. The highest BCUT2D eigenvalue weighted by atomic mass is 32.2. The molecule has 0 aromatic heterocycles. The largest absolute Gasteiger partial charge is 0.243 e. The molecule has 0 atom stereocenters. The minimum absolute atomic E-state index is 0.0342. The molecule has 0 fully saturated rings. The lowest BCUT2D eigenvalue weighted by Crippen LogP contribution is -2.31. The van der Waals surface area contributed by atoms with Gasteiger partial charge in [-0.2, -0.15) is 4.31 Å². The number of nitrogens with zero attached hydrogens (tertiary/aromatic N) is 1. The molecule has 0 N–H and O–H groups in total. The van der Waals surface area contributed by atoms with Crippen LogP contribution in [0.1, 0.15) is 0 Å². The van der Waals surface area contributed by atoms with Gasteiger partial charge in [0.15, 0.2) is 0 Å². The maximum Gasteiger partial charge on any atom is 0.243 e. The molecule has 0 saturated carbocycles. The molecule has 0 aliphatic rings. The van der Waals surface area contributed by atoms with E-state index >= 15 is 0 Å². The normalized spacial score (nSPS) is 11.5. The topological polar surface area (TPSA) is 37.4 Å². The van der Waals surface area contributed by atoms with Crippen LogP contribution < -0.4 is 0 Å². The number of sulfonamides is 1. The maximum atomic E-state index is 13.0. The second-order valence-corrected chi connectivity index (χ2v) is 5.44. The Morgan fingerprint density at radius 1 is 1.06 bits per heavy atom. The van der Waals surface area contributed by atoms with Crippen LogP contribution in [0.3, 0.4) is 0 Å². The molecule has 6 heteroatoms. The van der Waals surface area contributed by atoms with Crippen molar-refractivity contribution >= 4 is 10.0 Å². The molecule has 0 spiro atoms. The van der Waals surface area contributed by atoms with Crippen LogP contribution in [0.15, 0.2) is 48.4 Å². The standard InChI is InChI=1S/C12H13F2NO2S/c1-3-5-15(6-4-2)18(16,17)12-8-10(13)7-11(14)9-12/h3-4,7-9H,1-2,5-6H2. The van der Waals surface area contributed by atoms with Gasteiger partial charge >= 0.3 is 0 Å². The molecule has 0 unspecified atom stereocenters. The van der Waals surface area contributed by atoms with Gasteiger partial charge in [0, 0.05) is 19.2 Å².